The van der Waals surface area contributed by atoms with Crippen LogP contribution in [0.15, 0.2) is 182 Å². The third-order valence-corrected chi connectivity index (χ3v) is 10.6. The first-order valence-electron chi connectivity index (χ1n) is 18.0. The summed E-state index contributed by atoms with van der Waals surface area (Å²) in [6.45, 7) is 2.13. The minimum Gasteiger partial charge on any atom is -0.309 e. The maximum Gasteiger partial charge on any atom is 0.0992 e. The summed E-state index contributed by atoms with van der Waals surface area (Å²) in [5, 5.41) is 14.4. The predicted octanol–water partition coefficient (Wildman–Crippen LogP) is 13.1. The lowest BCUT2D eigenvalue weighted by atomic mass is 9.98. The summed E-state index contributed by atoms with van der Waals surface area (Å²) in [4.78, 5) is 0. The molecule has 0 amide bonds. The second kappa shape index (κ2) is 12.3. The van der Waals surface area contributed by atoms with Gasteiger partial charge in [0.25, 0.3) is 0 Å². The molecule has 10 rings (SSSR count). The van der Waals surface area contributed by atoms with Crippen LogP contribution in [0, 0.1) is 18.3 Å². The molecule has 0 saturated heterocycles. The van der Waals surface area contributed by atoms with E-state index < -0.39 is 0 Å². The monoisotopic (exact) mass is 675 g/mol. The van der Waals surface area contributed by atoms with E-state index in [0.717, 1.165) is 22.4 Å². The van der Waals surface area contributed by atoms with Crippen LogP contribution < -0.4 is 0 Å². The maximum absolute atomic E-state index is 9.56. The van der Waals surface area contributed by atoms with Gasteiger partial charge in [-0.25, -0.2) is 0 Å². The Balaban J connectivity index is 1.03. The summed E-state index contributed by atoms with van der Waals surface area (Å²) in [6, 6.07) is 67.4. The number of nitrogens with zero attached hydrogens (tertiary/aromatic N) is 3. The van der Waals surface area contributed by atoms with E-state index in [2.05, 4.69) is 186 Å². The van der Waals surface area contributed by atoms with Crippen LogP contribution in [0.3, 0.4) is 0 Å². The van der Waals surface area contributed by atoms with Crippen molar-refractivity contribution in [1.82, 2.24) is 9.13 Å². The van der Waals surface area contributed by atoms with E-state index in [1.165, 1.54) is 71.5 Å². The lowest BCUT2D eigenvalue weighted by Crippen LogP contribution is -1.94. The van der Waals surface area contributed by atoms with Crippen molar-refractivity contribution in [3.63, 3.8) is 0 Å². The molecule has 0 N–H and O–H groups in total. The van der Waals surface area contributed by atoms with Crippen LogP contribution >= 0.6 is 0 Å². The second-order valence-electron chi connectivity index (χ2n) is 13.8. The van der Waals surface area contributed by atoms with Crippen molar-refractivity contribution in [2.75, 3.05) is 0 Å². The Labute approximate surface area is 307 Å². The zero-order valence-corrected chi connectivity index (χ0v) is 29.2. The number of aryl methyl sites for hydroxylation is 1. The van der Waals surface area contributed by atoms with Gasteiger partial charge in [0.05, 0.1) is 33.7 Å². The highest BCUT2D eigenvalue weighted by atomic mass is 15.0. The zero-order chi connectivity index (χ0) is 35.5. The van der Waals surface area contributed by atoms with Gasteiger partial charge >= 0.3 is 0 Å². The molecular formula is C50H33N3. The number of hydrogen-bond acceptors (Lipinski definition) is 1. The molecule has 0 unspecified atom stereocenters. The van der Waals surface area contributed by atoms with Crippen LogP contribution in [0.4, 0.5) is 0 Å². The molecule has 0 spiro atoms. The quantitative estimate of drug-likeness (QED) is 0.179. The van der Waals surface area contributed by atoms with Gasteiger partial charge in [0, 0.05) is 32.9 Å². The molecule has 3 heteroatoms. The smallest absolute Gasteiger partial charge is 0.0992 e. The highest BCUT2D eigenvalue weighted by Crippen LogP contribution is 2.38. The highest BCUT2D eigenvalue weighted by molar-refractivity contribution is 6.11. The van der Waals surface area contributed by atoms with E-state index >= 15 is 0 Å². The van der Waals surface area contributed by atoms with Crippen molar-refractivity contribution in [2.45, 2.75) is 6.92 Å². The minimum atomic E-state index is 0.652. The Morgan fingerprint density at radius 3 is 1.34 bits per heavy atom. The van der Waals surface area contributed by atoms with Crippen molar-refractivity contribution >= 4 is 43.6 Å². The molecule has 248 valence electrons. The molecule has 0 radical (unpaired) electrons. The Kier molecular flexibility index (Phi) is 7.09. The average molecular weight is 676 g/mol. The van der Waals surface area contributed by atoms with Crippen LogP contribution in [0.1, 0.15) is 11.1 Å². The molecule has 0 atom stereocenters. The standard InChI is InChI=1S/C50H33N3/c1-33-16-18-35(19-17-33)38-9-7-11-42(29-38)53-48-15-5-3-13-44(48)46-31-40(25-27-50(46)53)37-22-20-36(21-23-37)39-24-26-49-45(30-39)43-12-2-4-14-47(43)52(49)41-10-6-8-34(28-41)32-51/h2-31H,1H3. The SMILES string of the molecule is Cc1ccc(-c2cccc(-n3c4ccccc4c4cc(-c5ccc(-c6ccc7c(c6)c6ccccc6n7-c6cccc(C#N)c6)cc5)ccc43)c2)cc1. The van der Waals surface area contributed by atoms with Gasteiger partial charge < -0.3 is 9.13 Å². The Bertz CT molecular complexity index is 3060. The Morgan fingerprint density at radius 1 is 0.358 bits per heavy atom. The third-order valence-electron chi connectivity index (χ3n) is 10.6. The van der Waals surface area contributed by atoms with Gasteiger partial charge in [-0.2, -0.15) is 5.26 Å². The van der Waals surface area contributed by atoms with E-state index in [1.54, 1.807) is 0 Å². The first-order chi connectivity index (χ1) is 26.1. The lowest BCUT2D eigenvalue weighted by molar-refractivity contribution is 1.18. The topological polar surface area (TPSA) is 33.6 Å². The number of nitriles is 1. The van der Waals surface area contributed by atoms with E-state index in [-0.39, 0.29) is 0 Å². The predicted molar refractivity (Wildman–Crippen MR) is 221 cm³/mol. The van der Waals surface area contributed by atoms with Gasteiger partial charge in [-0.3, -0.25) is 0 Å². The number of benzene rings is 8. The van der Waals surface area contributed by atoms with Crippen molar-refractivity contribution in [3.8, 4) is 50.8 Å². The molecule has 0 saturated carbocycles. The Hall–Kier alpha value is -7.15. The fourth-order valence-corrected chi connectivity index (χ4v) is 8.00. The first kappa shape index (κ1) is 30.7. The summed E-state index contributed by atoms with van der Waals surface area (Å²) >= 11 is 0. The molecule has 0 aliphatic carbocycles. The van der Waals surface area contributed by atoms with Crippen molar-refractivity contribution in [3.05, 3.63) is 193 Å². The van der Waals surface area contributed by atoms with Gasteiger partial charge in [0.1, 0.15) is 0 Å². The van der Waals surface area contributed by atoms with Gasteiger partial charge in [-0.05, 0) is 107 Å². The molecule has 3 nitrogen and oxygen atoms in total. The van der Waals surface area contributed by atoms with Crippen LogP contribution in [0.25, 0.3) is 88.4 Å². The van der Waals surface area contributed by atoms with Crippen LogP contribution in [-0.4, -0.2) is 9.13 Å². The number of aromatic nitrogens is 2. The normalized spacial score (nSPS) is 11.5. The fourth-order valence-electron chi connectivity index (χ4n) is 8.00. The largest absolute Gasteiger partial charge is 0.309 e. The summed E-state index contributed by atoms with van der Waals surface area (Å²) in [6.07, 6.45) is 0. The molecule has 0 aliphatic rings. The Morgan fingerprint density at radius 2 is 0.792 bits per heavy atom. The van der Waals surface area contributed by atoms with Crippen LogP contribution in [0.2, 0.25) is 0 Å². The van der Waals surface area contributed by atoms with Crippen molar-refractivity contribution in [2.24, 2.45) is 0 Å². The molecule has 10 aromatic rings. The van der Waals surface area contributed by atoms with E-state index in [0.29, 0.717) is 5.56 Å². The summed E-state index contributed by atoms with van der Waals surface area (Å²) < 4.78 is 4.65. The summed E-state index contributed by atoms with van der Waals surface area (Å²) in [5.74, 6) is 0. The van der Waals surface area contributed by atoms with E-state index in [4.69, 9.17) is 0 Å². The lowest BCUT2D eigenvalue weighted by Gasteiger charge is -2.11. The molecular weight excluding hydrogens is 643 g/mol. The zero-order valence-electron chi connectivity index (χ0n) is 29.2. The molecule has 0 aliphatic heterocycles. The highest BCUT2D eigenvalue weighted by Gasteiger charge is 2.16. The van der Waals surface area contributed by atoms with Gasteiger partial charge in [-0.1, -0.05) is 121 Å². The fraction of sp³-hybridized carbons (Fsp3) is 0.0200. The van der Waals surface area contributed by atoms with E-state index in [1.807, 2.05) is 18.2 Å². The molecule has 0 fully saturated rings. The second-order valence-corrected chi connectivity index (χ2v) is 13.8. The molecule has 8 aromatic carbocycles. The van der Waals surface area contributed by atoms with E-state index in [9.17, 15) is 5.26 Å². The maximum atomic E-state index is 9.56. The number of hydrogen-bond donors (Lipinski definition) is 0. The van der Waals surface area contributed by atoms with Gasteiger partial charge in [-0.15, -0.1) is 0 Å². The third kappa shape index (κ3) is 5.12. The molecule has 2 aromatic heterocycles. The average Bonchev–Trinajstić information content (AvgIpc) is 3.73. The summed E-state index contributed by atoms with van der Waals surface area (Å²) in [5.41, 5.74) is 15.8. The van der Waals surface area contributed by atoms with Gasteiger partial charge in [0.2, 0.25) is 0 Å². The molecule has 2 heterocycles. The first-order valence-corrected chi connectivity index (χ1v) is 18.0. The van der Waals surface area contributed by atoms with Gasteiger partial charge in [0.15, 0.2) is 0 Å². The number of para-hydroxylation sites is 2. The van der Waals surface area contributed by atoms with Crippen molar-refractivity contribution < 1.29 is 0 Å². The number of fused-ring (bicyclic) bond motifs is 6. The van der Waals surface area contributed by atoms with Crippen LogP contribution in [-0.2, 0) is 0 Å². The number of rotatable bonds is 5. The van der Waals surface area contributed by atoms with Crippen LogP contribution in [0.5, 0.6) is 0 Å². The molecule has 53 heavy (non-hydrogen) atoms. The van der Waals surface area contributed by atoms with Crippen molar-refractivity contribution in [1.29, 1.82) is 5.26 Å². The summed E-state index contributed by atoms with van der Waals surface area (Å²) in [7, 11) is 0. The molecule has 0 bridgehead atoms. The minimum absolute atomic E-state index is 0.652.